The van der Waals surface area contributed by atoms with Gasteiger partial charge < -0.3 is 14.3 Å². The Hall–Kier alpha value is -1.14. The molecular weight excluding hydrogens is 260 g/mol. The van der Waals surface area contributed by atoms with Gasteiger partial charge in [0.15, 0.2) is 10.4 Å². The SMILES string of the molecule is Cc1nn(C)c2c1[nH]c(=S)n2CC1(C)CCOCC1. The Kier molecular flexibility index (Phi) is 3.02. The highest BCUT2D eigenvalue weighted by molar-refractivity contribution is 7.71. The van der Waals surface area contributed by atoms with Gasteiger partial charge in [-0.2, -0.15) is 5.10 Å². The minimum Gasteiger partial charge on any atom is -0.381 e. The number of hydrogen-bond acceptors (Lipinski definition) is 3. The summed E-state index contributed by atoms with van der Waals surface area (Å²) < 4.78 is 10.4. The molecule has 1 N–H and O–H groups in total. The molecule has 3 rings (SSSR count). The molecule has 0 bridgehead atoms. The second kappa shape index (κ2) is 4.45. The summed E-state index contributed by atoms with van der Waals surface area (Å²) in [5.41, 5.74) is 3.40. The van der Waals surface area contributed by atoms with E-state index in [1.165, 1.54) is 0 Å². The molecule has 1 fully saturated rings. The van der Waals surface area contributed by atoms with Crippen LogP contribution in [0.5, 0.6) is 0 Å². The predicted molar refractivity (Wildman–Crippen MR) is 76.8 cm³/mol. The first-order chi connectivity index (χ1) is 9.00. The molecule has 1 saturated heterocycles. The minimum absolute atomic E-state index is 0.254. The maximum Gasteiger partial charge on any atom is 0.179 e. The predicted octanol–water partition coefficient (Wildman–Crippen LogP) is 2.56. The lowest BCUT2D eigenvalue weighted by Gasteiger charge is -2.33. The number of nitrogens with one attached hydrogen (secondary N) is 1. The van der Waals surface area contributed by atoms with Gasteiger partial charge in [-0.15, -0.1) is 0 Å². The van der Waals surface area contributed by atoms with Gasteiger partial charge in [0.1, 0.15) is 5.52 Å². The Morgan fingerprint density at radius 3 is 2.79 bits per heavy atom. The van der Waals surface area contributed by atoms with Gasteiger partial charge in [0.2, 0.25) is 0 Å². The van der Waals surface area contributed by atoms with Crippen LogP contribution in [0.2, 0.25) is 0 Å². The third-order valence-corrected chi connectivity index (χ3v) is 4.49. The van der Waals surface area contributed by atoms with Crippen molar-refractivity contribution >= 4 is 23.4 Å². The van der Waals surface area contributed by atoms with Crippen LogP contribution in [0, 0.1) is 17.1 Å². The summed E-state index contributed by atoms with van der Waals surface area (Å²) in [6.45, 7) is 6.95. The number of rotatable bonds is 2. The molecule has 0 unspecified atom stereocenters. The summed E-state index contributed by atoms with van der Waals surface area (Å²) in [5, 5.41) is 4.46. The molecule has 0 aliphatic carbocycles. The van der Waals surface area contributed by atoms with E-state index < -0.39 is 0 Å². The smallest absolute Gasteiger partial charge is 0.179 e. The number of imidazole rings is 1. The van der Waals surface area contributed by atoms with Crippen LogP contribution in [0.15, 0.2) is 0 Å². The Balaban J connectivity index is 2.05. The van der Waals surface area contributed by atoms with E-state index in [2.05, 4.69) is 21.6 Å². The molecule has 5 nitrogen and oxygen atoms in total. The first-order valence-corrected chi connectivity index (χ1v) is 7.11. The number of ether oxygens (including phenoxy) is 1. The first kappa shape index (κ1) is 12.9. The summed E-state index contributed by atoms with van der Waals surface area (Å²) in [4.78, 5) is 3.29. The number of aromatic nitrogens is 4. The zero-order valence-electron chi connectivity index (χ0n) is 11.7. The fourth-order valence-electron chi connectivity index (χ4n) is 2.92. The van der Waals surface area contributed by atoms with E-state index in [0.717, 1.165) is 54.2 Å². The highest BCUT2D eigenvalue weighted by Gasteiger charge is 2.29. The van der Waals surface area contributed by atoms with Crippen molar-refractivity contribution in [3.63, 3.8) is 0 Å². The van der Waals surface area contributed by atoms with Gasteiger partial charge in [-0.25, -0.2) is 0 Å². The van der Waals surface area contributed by atoms with Crippen molar-refractivity contribution in [2.24, 2.45) is 12.5 Å². The highest BCUT2D eigenvalue weighted by Crippen LogP contribution is 2.33. The van der Waals surface area contributed by atoms with Crippen LogP contribution in [-0.2, 0) is 18.3 Å². The van der Waals surface area contributed by atoms with Crippen molar-refractivity contribution in [3.05, 3.63) is 10.5 Å². The zero-order chi connectivity index (χ0) is 13.6. The van der Waals surface area contributed by atoms with E-state index in [-0.39, 0.29) is 5.41 Å². The van der Waals surface area contributed by atoms with Gasteiger partial charge >= 0.3 is 0 Å². The van der Waals surface area contributed by atoms with Crippen LogP contribution in [0.25, 0.3) is 11.2 Å². The van der Waals surface area contributed by atoms with Gasteiger partial charge in [0.05, 0.1) is 5.69 Å². The van der Waals surface area contributed by atoms with Gasteiger partial charge in [-0.1, -0.05) is 6.92 Å². The number of fused-ring (bicyclic) bond motifs is 1. The van der Waals surface area contributed by atoms with Crippen LogP contribution < -0.4 is 0 Å². The second-order valence-electron chi connectivity index (χ2n) is 5.85. The molecular formula is C13H20N4OS. The van der Waals surface area contributed by atoms with Gasteiger partial charge in [-0.3, -0.25) is 4.68 Å². The number of hydrogen-bond donors (Lipinski definition) is 1. The van der Waals surface area contributed by atoms with Crippen LogP contribution in [0.3, 0.4) is 0 Å². The summed E-state index contributed by atoms with van der Waals surface area (Å²) in [6, 6.07) is 0. The molecule has 2 aromatic heterocycles. The third kappa shape index (κ3) is 2.12. The Morgan fingerprint density at radius 1 is 1.42 bits per heavy atom. The zero-order valence-corrected chi connectivity index (χ0v) is 12.5. The lowest BCUT2D eigenvalue weighted by Crippen LogP contribution is -2.31. The maximum atomic E-state index is 5.48. The minimum atomic E-state index is 0.254. The van der Waals surface area contributed by atoms with E-state index in [1.807, 2.05) is 18.7 Å². The van der Waals surface area contributed by atoms with Crippen LogP contribution in [-0.4, -0.2) is 32.5 Å². The number of aromatic amines is 1. The molecule has 0 spiro atoms. The molecule has 0 radical (unpaired) electrons. The molecule has 1 aliphatic heterocycles. The Labute approximate surface area is 117 Å². The summed E-state index contributed by atoms with van der Waals surface area (Å²) in [6.07, 6.45) is 2.16. The molecule has 0 saturated carbocycles. The van der Waals surface area contributed by atoms with Crippen molar-refractivity contribution in [2.75, 3.05) is 13.2 Å². The summed E-state index contributed by atoms with van der Waals surface area (Å²) in [7, 11) is 1.97. The lowest BCUT2D eigenvalue weighted by molar-refractivity contribution is 0.0157. The largest absolute Gasteiger partial charge is 0.381 e. The van der Waals surface area contributed by atoms with E-state index in [9.17, 15) is 0 Å². The molecule has 0 amide bonds. The fourth-order valence-corrected chi connectivity index (χ4v) is 3.18. The Morgan fingerprint density at radius 2 is 2.11 bits per heavy atom. The topological polar surface area (TPSA) is 47.8 Å². The third-order valence-electron chi connectivity index (χ3n) is 4.16. The maximum absolute atomic E-state index is 5.48. The summed E-state index contributed by atoms with van der Waals surface area (Å²) >= 11 is 5.48. The average Bonchev–Trinajstić information content (AvgIpc) is 2.80. The van der Waals surface area contributed by atoms with Gasteiger partial charge in [0.25, 0.3) is 0 Å². The van der Waals surface area contributed by atoms with Gasteiger partial charge in [0, 0.05) is 26.8 Å². The van der Waals surface area contributed by atoms with Crippen LogP contribution in [0.4, 0.5) is 0 Å². The van der Waals surface area contributed by atoms with Crippen LogP contribution >= 0.6 is 12.2 Å². The number of H-pyrrole nitrogens is 1. The highest BCUT2D eigenvalue weighted by atomic mass is 32.1. The van der Waals surface area contributed by atoms with E-state index >= 15 is 0 Å². The molecule has 19 heavy (non-hydrogen) atoms. The van der Waals surface area contributed by atoms with E-state index in [0.29, 0.717) is 0 Å². The molecule has 1 aliphatic rings. The van der Waals surface area contributed by atoms with Crippen molar-refractivity contribution in [1.29, 1.82) is 0 Å². The van der Waals surface area contributed by atoms with Crippen molar-refractivity contribution in [1.82, 2.24) is 19.3 Å². The summed E-state index contributed by atoms with van der Waals surface area (Å²) in [5.74, 6) is 0. The molecule has 0 aromatic carbocycles. The fraction of sp³-hybridized carbons (Fsp3) is 0.692. The number of aryl methyl sites for hydroxylation is 2. The molecule has 2 aromatic rings. The first-order valence-electron chi connectivity index (χ1n) is 6.70. The monoisotopic (exact) mass is 280 g/mol. The molecule has 6 heteroatoms. The quantitative estimate of drug-likeness (QED) is 0.860. The van der Waals surface area contributed by atoms with Crippen LogP contribution in [0.1, 0.15) is 25.5 Å². The van der Waals surface area contributed by atoms with Crippen molar-refractivity contribution in [3.8, 4) is 0 Å². The van der Waals surface area contributed by atoms with Crippen molar-refractivity contribution < 1.29 is 4.74 Å². The molecule has 0 atom stereocenters. The standard InChI is InChI=1S/C13H20N4OS/c1-9-10-11(16(3)15-9)17(12(19)14-10)8-13(2)4-6-18-7-5-13/h4-8H2,1-3H3,(H,14,19). The van der Waals surface area contributed by atoms with Gasteiger partial charge in [-0.05, 0) is 37.4 Å². The Bertz CT molecular complexity index is 660. The normalized spacial score (nSPS) is 19.1. The van der Waals surface area contributed by atoms with E-state index in [1.54, 1.807) is 0 Å². The van der Waals surface area contributed by atoms with E-state index in [4.69, 9.17) is 17.0 Å². The second-order valence-corrected chi connectivity index (χ2v) is 6.23. The molecule has 3 heterocycles. The number of nitrogens with zero attached hydrogens (tertiary/aromatic N) is 3. The average molecular weight is 280 g/mol. The lowest BCUT2D eigenvalue weighted by atomic mass is 9.82. The molecule has 104 valence electrons. The van der Waals surface area contributed by atoms with Crippen molar-refractivity contribution in [2.45, 2.75) is 33.2 Å².